The fourth-order valence-corrected chi connectivity index (χ4v) is 25.3. The van der Waals surface area contributed by atoms with Crippen molar-refractivity contribution in [3.63, 3.8) is 0 Å². The zero-order chi connectivity index (χ0) is 95.6. The average molecular weight is 1940 g/mol. The number of methoxy groups -OCH3 is 3. The first-order valence-corrected chi connectivity index (χ1v) is 49.0. The fraction of sp³-hybridized carbons (Fsp3) is 0.652. The lowest BCUT2D eigenvalue weighted by Gasteiger charge is -2.27. The van der Waals surface area contributed by atoms with Crippen molar-refractivity contribution in [3.05, 3.63) is 19.0 Å². The number of nitrogens with two attached hydrogens (primary N) is 3. The number of rotatable bonds is 36. The van der Waals surface area contributed by atoms with Crippen molar-refractivity contribution >= 4 is 159 Å². The van der Waals surface area contributed by atoms with E-state index in [4.69, 9.17) is 73.4 Å². The smallest absolute Gasteiger partial charge is 0.327 e. The lowest BCUT2D eigenvalue weighted by Crippen LogP contribution is -2.44. The summed E-state index contributed by atoms with van der Waals surface area (Å²) in [6.07, 6.45) is -9.48. The number of imide groups is 3. The van der Waals surface area contributed by atoms with Crippen molar-refractivity contribution in [3.8, 4) is 17.6 Å². The summed E-state index contributed by atoms with van der Waals surface area (Å²) >= 11 is 2.06. The summed E-state index contributed by atoms with van der Waals surface area (Å²) in [6.45, 7) is 4.48. The summed E-state index contributed by atoms with van der Waals surface area (Å²) in [5.74, 6) is -4.39. The van der Waals surface area contributed by atoms with Crippen molar-refractivity contribution in [1.29, 1.82) is 0 Å². The van der Waals surface area contributed by atoms with Crippen LogP contribution >= 0.6 is 54.3 Å². The number of nitrogens with one attached hydrogen (secondary N) is 6. The number of anilines is 3. The SMILES string of the molecule is COc1nc(N)nc2c1ncn2[C@@H]1OC(COP(=O)(N[C@H](C)C(=O)OC(C)C)SCC2C(=O)NC(=O)N2C)[C@@H](O)[C@@]1(C)O.COc1nc(N)nc2c1ncn2[C@@H]1OC(CO[P@@](=O)(N[C@H](C)C(=O)OC(C)C)SCC2C(=O)NC(=O)N2C)[C@@H](O)[C@@]1(C)O.COc1nc(N)nc2c1ncn2[C@@H]1OC(CO[P@](=O)(N[C@@H](C)C(=O)OC(C)C)SCC2C(=O)NC(=O)N2C)[C@@H](O)[C@@]1(C)O. The Kier molecular flexibility index (Phi) is 32.3. The molecule has 0 spiro atoms. The Balaban J connectivity index is 0.000000201. The van der Waals surface area contributed by atoms with E-state index in [1.807, 2.05) is 0 Å². The molecule has 0 bridgehead atoms. The first-order chi connectivity index (χ1) is 60.2. The molecule has 54 nitrogen and oxygen atoms in total. The van der Waals surface area contributed by atoms with Gasteiger partial charge in [-0.05, 0) is 83.1 Å². The quantitative estimate of drug-likeness (QED) is 0.01000. The van der Waals surface area contributed by atoms with E-state index in [9.17, 15) is 87.5 Å². The number of imidazole rings is 3. The molecule has 60 heteroatoms. The molecule has 6 fully saturated rings. The molecule has 6 aromatic rings. The maximum Gasteiger partial charge on any atom is 0.327 e. The van der Waals surface area contributed by atoms with Crippen LogP contribution in [0.1, 0.15) is 102 Å². The molecule has 6 saturated heterocycles. The van der Waals surface area contributed by atoms with Crippen LogP contribution in [0.15, 0.2) is 19.0 Å². The Bertz CT molecular complexity index is 4820. The van der Waals surface area contributed by atoms with Crippen LogP contribution in [0.3, 0.4) is 0 Å². The topological polar surface area (TPSA) is 728 Å². The predicted octanol–water partition coefficient (Wildman–Crippen LogP) is -0.707. The van der Waals surface area contributed by atoms with Gasteiger partial charge >= 0.3 is 56.2 Å². The van der Waals surface area contributed by atoms with Gasteiger partial charge in [-0.2, -0.15) is 29.9 Å². The zero-order valence-electron chi connectivity index (χ0n) is 72.9. The number of aromatic nitrogens is 12. The molecular formula is C69H105N24O30P3S3. The van der Waals surface area contributed by atoms with Crippen LogP contribution in [0.4, 0.5) is 32.2 Å². The van der Waals surface area contributed by atoms with E-state index < -0.39 is 220 Å². The van der Waals surface area contributed by atoms with Crippen LogP contribution in [-0.4, -0.2) is 345 Å². The summed E-state index contributed by atoms with van der Waals surface area (Å²) in [6, 6.07) is -7.97. The van der Waals surface area contributed by atoms with Gasteiger partial charge in [-0.15, -0.1) is 0 Å². The van der Waals surface area contributed by atoms with Gasteiger partial charge in [-0.1, -0.05) is 34.1 Å². The molecule has 0 saturated carbocycles. The summed E-state index contributed by atoms with van der Waals surface area (Å²) in [7, 11) is 8.36. The summed E-state index contributed by atoms with van der Waals surface area (Å²) in [5, 5.41) is 81.2. The largest absolute Gasteiger partial charge is 0.479 e. The van der Waals surface area contributed by atoms with E-state index in [-0.39, 0.29) is 86.2 Å². The number of urea groups is 3. The number of fused-ring (bicyclic) bond motifs is 3. The number of hydrogen-bond acceptors (Lipinski definition) is 45. The van der Waals surface area contributed by atoms with Gasteiger partial charge in [0.15, 0.2) is 52.2 Å². The van der Waals surface area contributed by atoms with Crippen molar-refractivity contribution in [1.82, 2.24) is 104 Å². The Morgan fingerprint density at radius 2 is 0.682 bits per heavy atom. The van der Waals surface area contributed by atoms with Crippen LogP contribution in [0.2, 0.25) is 0 Å². The van der Waals surface area contributed by atoms with Gasteiger partial charge in [-0.3, -0.25) is 72.1 Å². The Labute approximate surface area is 747 Å². The summed E-state index contributed by atoms with van der Waals surface area (Å²) < 4.78 is 112. The van der Waals surface area contributed by atoms with Gasteiger partial charge in [0.1, 0.15) is 89.7 Å². The number of ether oxygens (including phenoxy) is 9. The molecule has 129 heavy (non-hydrogen) atoms. The molecule has 0 radical (unpaired) electrons. The summed E-state index contributed by atoms with van der Waals surface area (Å²) in [5.41, 5.74) is 12.8. The highest BCUT2D eigenvalue weighted by molar-refractivity contribution is 8.56. The third-order valence-corrected chi connectivity index (χ3v) is 32.7. The molecule has 12 heterocycles. The number of nitrogens with zero attached hydrogens (tertiary/aromatic N) is 15. The van der Waals surface area contributed by atoms with Gasteiger partial charge in [-0.25, -0.2) is 44.6 Å². The number of carbonyl (C=O) groups excluding carboxylic acids is 9. The Hall–Kier alpha value is -9.18. The van der Waals surface area contributed by atoms with Crippen molar-refractivity contribution in [2.24, 2.45) is 0 Å². The standard InChI is InChI=1S/3C23H35N8O10PS/c3*1-10(2)40-19(34)11(3)29-42(37,43-8-12-17(33)27-22(35)30(12)5)39-7-13-15(32)23(4,36)20(41-13)31-9-25-14-16(31)26-21(24)28-18(14)38-6/h3*9-13,15,20,32,36H,7-8H2,1-6H3,(H,29,37)(H2,24,26,28)(H,27,33,35)/t11-,12?,13?,15+,20+,23+,42+;11-,12?,13?,15-,20-,23-,42?;11-,12?,13?,15-,20-,23-,42+/m011/s1. The minimum Gasteiger partial charge on any atom is -0.479 e. The van der Waals surface area contributed by atoms with Crippen molar-refractivity contribution in [2.45, 2.75) is 210 Å². The molecule has 6 aliphatic heterocycles. The van der Waals surface area contributed by atoms with Gasteiger partial charge < -0.3 is 119 Å². The third-order valence-electron chi connectivity index (χ3n) is 20.4. The number of amides is 9. The minimum atomic E-state index is -4.05. The summed E-state index contributed by atoms with van der Waals surface area (Å²) in [4.78, 5) is 150. The van der Waals surface area contributed by atoms with Crippen LogP contribution in [0.25, 0.3) is 33.5 Å². The molecule has 6 aromatic heterocycles. The number of aliphatic hydroxyl groups is 6. The van der Waals surface area contributed by atoms with Crippen LogP contribution in [0.5, 0.6) is 17.6 Å². The molecule has 0 aliphatic carbocycles. The van der Waals surface area contributed by atoms with Gasteiger partial charge in [0.2, 0.25) is 35.5 Å². The molecule has 12 rings (SSSR count). The van der Waals surface area contributed by atoms with Gasteiger partial charge in [0.05, 0.1) is 78.4 Å². The number of aliphatic hydroxyl groups excluding tert-OH is 3. The fourth-order valence-electron chi connectivity index (χ4n) is 13.4. The number of carbonyl (C=O) groups is 9. The number of nitrogen functional groups attached to an aromatic ring is 3. The second-order valence-electron chi connectivity index (χ2n) is 31.4. The molecule has 6 aliphatic rings. The Morgan fingerprint density at radius 1 is 0.450 bits per heavy atom. The van der Waals surface area contributed by atoms with Gasteiger partial charge in [0.25, 0.3) is 17.7 Å². The van der Waals surface area contributed by atoms with Gasteiger partial charge in [0, 0.05) is 38.4 Å². The van der Waals surface area contributed by atoms with Crippen molar-refractivity contribution in [2.75, 3.05) is 96.8 Å². The lowest BCUT2D eigenvalue weighted by molar-refractivity contribution is -0.149. The second kappa shape index (κ2) is 40.9. The highest BCUT2D eigenvalue weighted by atomic mass is 32.7. The maximum atomic E-state index is 14.0. The average Bonchev–Trinajstić information content (AvgIpc) is 1.60. The van der Waals surface area contributed by atoms with Crippen LogP contribution in [-0.2, 0) is 84.5 Å². The van der Waals surface area contributed by atoms with E-state index in [2.05, 4.69) is 76.1 Å². The van der Waals surface area contributed by atoms with E-state index in [0.29, 0.717) is 34.1 Å². The molecule has 9 amide bonds. The first kappa shape index (κ1) is 102. The van der Waals surface area contributed by atoms with E-state index >= 15 is 0 Å². The highest BCUT2D eigenvalue weighted by Crippen LogP contribution is 2.60. The van der Waals surface area contributed by atoms with Crippen LogP contribution in [0, 0.1) is 0 Å². The molecular weight excluding hydrogens is 1830 g/mol. The molecule has 7 unspecified atom stereocenters. The van der Waals surface area contributed by atoms with E-state index in [0.717, 1.165) is 14.7 Å². The van der Waals surface area contributed by atoms with Crippen molar-refractivity contribution < 1.29 is 144 Å². The van der Waals surface area contributed by atoms with E-state index in [1.54, 1.807) is 41.5 Å². The lowest BCUT2D eigenvalue weighted by atomic mass is 9.96. The third kappa shape index (κ3) is 22.8. The molecule has 714 valence electrons. The number of esters is 3. The number of hydrogen-bond donors (Lipinski definition) is 15. The Morgan fingerprint density at radius 3 is 0.884 bits per heavy atom. The molecule has 0 aromatic carbocycles. The number of likely N-dealkylation sites (N-methyl/N-ethyl adjacent to an activating group) is 3. The maximum absolute atomic E-state index is 14.0. The minimum absolute atomic E-state index is 0.0942. The normalized spacial score (nSPS) is 27.9. The first-order valence-electron chi connectivity index (χ1n) is 39.4. The zero-order valence-corrected chi connectivity index (χ0v) is 78.0. The monoisotopic (exact) mass is 1940 g/mol. The second-order valence-corrected chi connectivity index (χ2v) is 44.3. The molecule has 21 atom stereocenters. The molecule has 18 N–H and O–H groups in total. The highest BCUT2D eigenvalue weighted by Gasteiger charge is 2.58. The predicted molar refractivity (Wildman–Crippen MR) is 455 cm³/mol. The van der Waals surface area contributed by atoms with Crippen LogP contribution < -0.4 is 62.6 Å². The van der Waals surface area contributed by atoms with E-state index in [1.165, 1.54) is 117 Å².